The third-order valence-electron chi connectivity index (χ3n) is 3.92. The lowest BCUT2D eigenvalue weighted by molar-refractivity contribution is -0.145. The fourth-order valence-corrected chi connectivity index (χ4v) is 3.08. The molecule has 1 aromatic rings. The van der Waals surface area contributed by atoms with Crippen LogP contribution in [0.2, 0.25) is 0 Å². The summed E-state index contributed by atoms with van der Waals surface area (Å²) >= 11 is 0. The molecule has 2 aliphatic rings. The molecule has 3 rings (SSSR count). The first-order valence-electron chi connectivity index (χ1n) is 6.15. The highest BCUT2D eigenvalue weighted by molar-refractivity contribution is 6.17. The van der Waals surface area contributed by atoms with Gasteiger partial charge in [0.2, 0.25) is 0 Å². The molecule has 1 atom stereocenters. The molecule has 18 heavy (non-hydrogen) atoms. The minimum atomic E-state index is -0.829. The number of hydrogen-bond acceptors (Lipinski definition) is 3. The van der Waals surface area contributed by atoms with Crippen molar-refractivity contribution in [3.63, 3.8) is 0 Å². The van der Waals surface area contributed by atoms with Gasteiger partial charge >= 0.3 is 5.97 Å². The first-order chi connectivity index (χ1) is 8.68. The smallest absolute Gasteiger partial charge is 0.322 e. The average Bonchev–Trinajstić information content (AvgIpc) is 2.73. The number of methoxy groups -OCH3 is 1. The van der Waals surface area contributed by atoms with Crippen LogP contribution in [0.3, 0.4) is 0 Å². The first kappa shape index (κ1) is 11.4. The third-order valence-corrected chi connectivity index (χ3v) is 3.92. The number of ether oxygens (including phenoxy) is 1. The predicted molar refractivity (Wildman–Crippen MR) is 65.7 cm³/mol. The minimum Gasteiger partial charge on any atom is -0.468 e. The van der Waals surface area contributed by atoms with E-state index in [1.54, 1.807) is 6.07 Å². The van der Waals surface area contributed by atoms with Gasteiger partial charge in [0.05, 0.1) is 12.8 Å². The largest absolute Gasteiger partial charge is 0.468 e. The molecule has 0 saturated heterocycles. The lowest BCUT2D eigenvalue weighted by Gasteiger charge is -2.32. The molecule has 1 aliphatic heterocycles. The van der Waals surface area contributed by atoms with E-state index in [1.165, 1.54) is 19.2 Å². The maximum Gasteiger partial charge on any atom is 0.322 e. The van der Waals surface area contributed by atoms with Gasteiger partial charge in [0.1, 0.15) is 11.2 Å². The maximum absolute atomic E-state index is 13.5. The first-order valence-corrected chi connectivity index (χ1v) is 6.15. The minimum absolute atomic E-state index is 0.315. The molecule has 1 fully saturated rings. The molecule has 1 heterocycles. The number of carbonyl (C=O) groups is 1. The van der Waals surface area contributed by atoms with Crippen molar-refractivity contribution in [1.29, 1.82) is 0 Å². The van der Waals surface area contributed by atoms with Gasteiger partial charge in [-0.1, -0.05) is 6.42 Å². The molecule has 94 valence electrons. The standard InChI is InChI=1S/C14H14FNO2/c1-18-13(17)14-7-3-2-4-12(14)16-11-6-5-9(15)8-10(11)14/h5-6,8H,2-4,7H2,1H3. The highest BCUT2D eigenvalue weighted by Crippen LogP contribution is 2.48. The van der Waals surface area contributed by atoms with E-state index in [0.717, 1.165) is 25.0 Å². The molecule has 1 aliphatic carbocycles. The zero-order chi connectivity index (χ0) is 12.8. The second kappa shape index (κ2) is 3.90. The topological polar surface area (TPSA) is 38.7 Å². The van der Waals surface area contributed by atoms with E-state index < -0.39 is 5.41 Å². The fourth-order valence-electron chi connectivity index (χ4n) is 3.08. The second-order valence-corrected chi connectivity index (χ2v) is 4.82. The Morgan fingerprint density at radius 2 is 2.28 bits per heavy atom. The van der Waals surface area contributed by atoms with Crippen LogP contribution < -0.4 is 0 Å². The van der Waals surface area contributed by atoms with E-state index in [2.05, 4.69) is 4.99 Å². The second-order valence-electron chi connectivity index (χ2n) is 4.82. The van der Waals surface area contributed by atoms with Gasteiger partial charge in [-0.15, -0.1) is 0 Å². The van der Waals surface area contributed by atoms with Crippen LogP contribution in [0, 0.1) is 5.82 Å². The van der Waals surface area contributed by atoms with E-state index >= 15 is 0 Å². The van der Waals surface area contributed by atoms with Crippen molar-refractivity contribution in [2.75, 3.05) is 7.11 Å². The van der Waals surface area contributed by atoms with Crippen LogP contribution in [0.1, 0.15) is 31.2 Å². The highest BCUT2D eigenvalue weighted by Gasteiger charge is 2.51. The average molecular weight is 247 g/mol. The zero-order valence-electron chi connectivity index (χ0n) is 10.2. The van der Waals surface area contributed by atoms with E-state index in [9.17, 15) is 9.18 Å². The van der Waals surface area contributed by atoms with Crippen molar-refractivity contribution in [2.24, 2.45) is 4.99 Å². The van der Waals surface area contributed by atoms with E-state index in [0.29, 0.717) is 17.7 Å². The van der Waals surface area contributed by atoms with Crippen molar-refractivity contribution in [3.05, 3.63) is 29.6 Å². The van der Waals surface area contributed by atoms with E-state index in [4.69, 9.17) is 4.74 Å². The van der Waals surface area contributed by atoms with Gasteiger partial charge in [-0.05, 0) is 37.5 Å². The normalized spacial score (nSPS) is 25.1. The summed E-state index contributed by atoms with van der Waals surface area (Å²) in [5.41, 5.74) is 1.38. The summed E-state index contributed by atoms with van der Waals surface area (Å²) in [6.07, 6.45) is 3.40. The monoisotopic (exact) mass is 247 g/mol. The molecule has 0 spiro atoms. The Kier molecular flexibility index (Phi) is 2.47. The molecule has 0 radical (unpaired) electrons. The number of hydrogen-bond donors (Lipinski definition) is 0. The van der Waals surface area contributed by atoms with E-state index in [-0.39, 0.29) is 11.8 Å². The molecular formula is C14H14FNO2. The van der Waals surface area contributed by atoms with Crippen molar-refractivity contribution in [2.45, 2.75) is 31.1 Å². The highest BCUT2D eigenvalue weighted by atomic mass is 19.1. The Labute approximate surface area is 105 Å². The lowest BCUT2D eigenvalue weighted by atomic mass is 9.69. The van der Waals surface area contributed by atoms with Gasteiger partial charge in [-0.2, -0.15) is 0 Å². The van der Waals surface area contributed by atoms with Crippen molar-refractivity contribution in [3.8, 4) is 0 Å². The fraction of sp³-hybridized carbons (Fsp3) is 0.429. The number of benzene rings is 1. The van der Waals surface area contributed by atoms with Gasteiger partial charge < -0.3 is 4.74 Å². The van der Waals surface area contributed by atoms with Gasteiger partial charge in [0.15, 0.2) is 0 Å². The Hall–Kier alpha value is -1.71. The Morgan fingerprint density at radius 1 is 1.44 bits per heavy atom. The molecule has 0 bridgehead atoms. The van der Waals surface area contributed by atoms with Crippen molar-refractivity contribution in [1.82, 2.24) is 0 Å². The van der Waals surface area contributed by atoms with Crippen LogP contribution in [0.4, 0.5) is 10.1 Å². The number of esters is 1. The zero-order valence-corrected chi connectivity index (χ0v) is 10.2. The summed E-state index contributed by atoms with van der Waals surface area (Å²) in [6, 6.07) is 4.44. The molecule has 1 aromatic carbocycles. The molecule has 3 nitrogen and oxygen atoms in total. The predicted octanol–water partition coefficient (Wildman–Crippen LogP) is 2.90. The lowest BCUT2D eigenvalue weighted by Crippen LogP contribution is -2.44. The quantitative estimate of drug-likeness (QED) is 0.716. The number of aliphatic imine (C=N–C) groups is 1. The van der Waals surface area contributed by atoms with Crippen LogP contribution >= 0.6 is 0 Å². The summed E-state index contributed by atoms with van der Waals surface area (Å²) in [5.74, 6) is -0.649. The van der Waals surface area contributed by atoms with Gasteiger partial charge in [-0.3, -0.25) is 9.79 Å². The van der Waals surface area contributed by atoms with Crippen LogP contribution in [0.25, 0.3) is 0 Å². The summed E-state index contributed by atoms with van der Waals surface area (Å²) in [4.78, 5) is 16.7. The molecule has 4 heteroatoms. The summed E-state index contributed by atoms with van der Waals surface area (Å²) in [5, 5.41) is 0. The summed E-state index contributed by atoms with van der Waals surface area (Å²) in [7, 11) is 1.38. The molecule has 1 unspecified atom stereocenters. The maximum atomic E-state index is 13.5. The summed E-state index contributed by atoms with van der Waals surface area (Å²) in [6.45, 7) is 0. The molecule has 0 N–H and O–H groups in total. The number of nitrogens with zero attached hydrogens (tertiary/aromatic N) is 1. The van der Waals surface area contributed by atoms with Gasteiger partial charge in [-0.25, -0.2) is 4.39 Å². The summed E-state index contributed by atoms with van der Waals surface area (Å²) < 4.78 is 18.4. The number of halogens is 1. The Bertz CT molecular complexity index is 553. The number of fused-ring (bicyclic) bond motifs is 3. The van der Waals surface area contributed by atoms with E-state index in [1.807, 2.05) is 0 Å². The van der Waals surface area contributed by atoms with Crippen molar-refractivity contribution >= 4 is 17.4 Å². The third kappa shape index (κ3) is 1.35. The van der Waals surface area contributed by atoms with Gasteiger partial charge in [0.25, 0.3) is 0 Å². The SMILES string of the molecule is COC(=O)C12CCCCC1=Nc1ccc(F)cc12. The molecular weight excluding hydrogens is 233 g/mol. The van der Waals surface area contributed by atoms with Crippen molar-refractivity contribution < 1.29 is 13.9 Å². The molecule has 1 saturated carbocycles. The molecule has 0 aromatic heterocycles. The van der Waals surface area contributed by atoms with Crippen LogP contribution in [0.5, 0.6) is 0 Å². The van der Waals surface area contributed by atoms with Crippen LogP contribution in [-0.2, 0) is 14.9 Å². The Balaban J connectivity index is 2.22. The number of carbonyl (C=O) groups excluding carboxylic acids is 1. The number of rotatable bonds is 1. The molecule has 0 amide bonds. The van der Waals surface area contributed by atoms with Gasteiger partial charge in [0, 0.05) is 11.3 Å². The van der Waals surface area contributed by atoms with Crippen LogP contribution in [-0.4, -0.2) is 18.8 Å². The van der Waals surface area contributed by atoms with Crippen LogP contribution in [0.15, 0.2) is 23.2 Å². The Morgan fingerprint density at radius 3 is 3.06 bits per heavy atom.